The molecule has 1 aliphatic rings. The van der Waals surface area contributed by atoms with Gasteiger partial charge in [-0.1, -0.05) is 28.4 Å². The van der Waals surface area contributed by atoms with E-state index in [1.54, 1.807) is 29.1 Å². The third-order valence-corrected chi connectivity index (χ3v) is 4.83. The first-order chi connectivity index (χ1) is 11.0. The van der Waals surface area contributed by atoms with Crippen LogP contribution in [0.2, 0.25) is 10.0 Å². The maximum Gasteiger partial charge on any atom is 0.278 e. The van der Waals surface area contributed by atoms with E-state index in [4.69, 9.17) is 33.5 Å². The van der Waals surface area contributed by atoms with Gasteiger partial charge in [-0.15, -0.1) is 0 Å². The van der Waals surface area contributed by atoms with E-state index in [1.165, 1.54) is 0 Å². The molecule has 1 aromatic carbocycles. The van der Waals surface area contributed by atoms with Crippen LogP contribution in [0.25, 0.3) is 17.3 Å². The van der Waals surface area contributed by atoms with Crippen molar-refractivity contribution in [2.24, 2.45) is 5.73 Å². The number of benzene rings is 1. The Kier molecular flexibility index (Phi) is 3.41. The molecule has 1 saturated carbocycles. The Morgan fingerprint density at radius 1 is 1.17 bits per heavy atom. The van der Waals surface area contributed by atoms with Gasteiger partial charge in [0, 0.05) is 6.20 Å². The zero-order chi connectivity index (χ0) is 16.0. The first kappa shape index (κ1) is 14.7. The summed E-state index contributed by atoms with van der Waals surface area (Å²) in [6.07, 6.45) is 4.64. The molecule has 1 aliphatic carbocycles. The molecule has 8 heteroatoms. The largest absolute Gasteiger partial charge is 0.332 e. The van der Waals surface area contributed by atoms with Crippen LogP contribution in [-0.4, -0.2) is 19.9 Å². The Balaban J connectivity index is 1.64. The second-order valence-electron chi connectivity index (χ2n) is 5.68. The van der Waals surface area contributed by atoms with Crippen molar-refractivity contribution < 1.29 is 4.52 Å². The first-order valence-corrected chi connectivity index (χ1v) is 7.95. The van der Waals surface area contributed by atoms with Crippen LogP contribution in [0.5, 0.6) is 0 Å². The van der Waals surface area contributed by atoms with Crippen molar-refractivity contribution in [2.75, 3.05) is 0 Å². The lowest BCUT2D eigenvalue weighted by atomic mass is 9.77. The van der Waals surface area contributed by atoms with E-state index < -0.39 is 5.54 Å². The van der Waals surface area contributed by atoms with Gasteiger partial charge in [-0.3, -0.25) is 0 Å². The van der Waals surface area contributed by atoms with Crippen molar-refractivity contribution in [2.45, 2.75) is 24.8 Å². The molecule has 23 heavy (non-hydrogen) atoms. The molecule has 6 nitrogen and oxygen atoms in total. The highest BCUT2D eigenvalue weighted by atomic mass is 35.5. The lowest BCUT2D eigenvalue weighted by Crippen LogP contribution is -2.44. The van der Waals surface area contributed by atoms with Gasteiger partial charge in [0.1, 0.15) is 0 Å². The highest BCUT2D eigenvalue weighted by Crippen LogP contribution is 2.37. The second-order valence-corrected chi connectivity index (χ2v) is 6.49. The number of nitrogens with two attached hydrogens (primary N) is 1. The number of rotatable bonds is 3. The highest BCUT2D eigenvalue weighted by molar-refractivity contribution is 6.42. The van der Waals surface area contributed by atoms with Gasteiger partial charge in [-0.05, 0) is 43.5 Å². The van der Waals surface area contributed by atoms with Crippen LogP contribution in [0.3, 0.4) is 0 Å². The van der Waals surface area contributed by atoms with Crippen LogP contribution in [0.1, 0.15) is 25.1 Å². The van der Waals surface area contributed by atoms with Crippen LogP contribution in [0.15, 0.2) is 35.0 Å². The molecular formula is C15H13Cl2N5O. The van der Waals surface area contributed by atoms with Crippen molar-refractivity contribution >= 4 is 23.2 Å². The van der Waals surface area contributed by atoms with Crippen molar-refractivity contribution in [1.82, 2.24) is 19.9 Å². The molecule has 2 aromatic heterocycles. The Morgan fingerprint density at radius 2 is 2.00 bits per heavy atom. The fraction of sp³-hybridized carbons (Fsp3) is 0.267. The summed E-state index contributed by atoms with van der Waals surface area (Å²) in [6.45, 7) is 0. The van der Waals surface area contributed by atoms with E-state index in [0.29, 0.717) is 27.5 Å². The van der Waals surface area contributed by atoms with E-state index in [0.717, 1.165) is 24.9 Å². The van der Waals surface area contributed by atoms with Gasteiger partial charge in [0.2, 0.25) is 0 Å². The summed E-state index contributed by atoms with van der Waals surface area (Å²) in [6, 6.07) is 7.08. The van der Waals surface area contributed by atoms with E-state index in [1.807, 2.05) is 6.07 Å². The summed E-state index contributed by atoms with van der Waals surface area (Å²) < 4.78 is 6.97. The zero-order valence-electron chi connectivity index (χ0n) is 12.0. The SMILES string of the molecule is NC1(c2noc(-c3ccn(-c4ccc(Cl)c(Cl)c4)n3)n2)CCC1. The molecule has 118 valence electrons. The van der Waals surface area contributed by atoms with Gasteiger partial charge in [-0.25, -0.2) is 4.68 Å². The second kappa shape index (κ2) is 5.33. The maximum atomic E-state index is 6.20. The number of nitrogens with zero attached hydrogens (tertiary/aromatic N) is 4. The van der Waals surface area contributed by atoms with Gasteiger partial charge in [0.05, 0.1) is 21.3 Å². The summed E-state index contributed by atoms with van der Waals surface area (Å²) in [5.74, 6) is 0.901. The zero-order valence-corrected chi connectivity index (χ0v) is 13.6. The van der Waals surface area contributed by atoms with Crippen LogP contribution in [-0.2, 0) is 5.54 Å². The highest BCUT2D eigenvalue weighted by Gasteiger charge is 2.39. The minimum atomic E-state index is -0.450. The van der Waals surface area contributed by atoms with Crippen molar-refractivity contribution in [1.29, 1.82) is 0 Å². The van der Waals surface area contributed by atoms with E-state index in [9.17, 15) is 0 Å². The van der Waals surface area contributed by atoms with E-state index >= 15 is 0 Å². The Bertz CT molecular complexity index is 868. The minimum Gasteiger partial charge on any atom is -0.332 e. The quantitative estimate of drug-likeness (QED) is 0.781. The summed E-state index contributed by atoms with van der Waals surface area (Å²) in [5.41, 5.74) is 7.13. The summed E-state index contributed by atoms with van der Waals surface area (Å²) in [4.78, 5) is 4.39. The number of halogens is 2. The molecule has 4 rings (SSSR count). The molecular weight excluding hydrogens is 337 g/mol. The fourth-order valence-corrected chi connectivity index (χ4v) is 2.81. The minimum absolute atomic E-state index is 0.357. The summed E-state index contributed by atoms with van der Waals surface area (Å²) >= 11 is 12.0. The van der Waals surface area contributed by atoms with Crippen LogP contribution in [0.4, 0.5) is 0 Å². The van der Waals surface area contributed by atoms with Crippen LogP contribution < -0.4 is 5.73 Å². The van der Waals surface area contributed by atoms with Crippen molar-refractivity contribution in [3.63, 3.8) is 0 Å². The molecule has 3 aromatic rings. The molecule has 2 N–H and O–H groups in total. The third-order valence-electron chi connectivity index (χ3n) is 4.09. The predicted molar refractivity (Wildman–Crippen MR) is 86.6 cm³/mol. The first-order valence-electron chi connectivity index (χ1n) is 7.20. The van der Waals surface area contributed by atoms with Gasteiger partial charge < -0.3 is 10.3 Å². The Morgan fingerprint density at radius 3 is 2.70 bits per heavy atom. The van der Waals surface area contributed by atoms with Crippen molar-refractivity contribution in [3.05, 3.63) is 46.3 Å². The number of aromatic nitrogens is 4. The van der Waals surface area contributed by atoms with Crippen LogP contribution in [0, 0.1) is 0 Å². The molecule has 0 amide bonds. The predicted octanol–water partition coefficient (Wildman–Crippen LogP) is 3.57. The molecule has 0 bridgehead atoms. The molecule has 1 fully saturated rings. The number of hydrogen-bond donors (Lipinski definition) is 1. The maximum absolute atomic E-state index is 6.20. The molecule has 0 saturated heterocycles. The van der Waals surface area contributed by atoms with Gasteiger partial charge >= 0.3 is 0 Å². The smallest absolute Gasteiger partial charge is 0.278 e. The van der Waals surface area contributed by atoms with Crippen molar-refractivity contribution in [3.8, 4) is 17.3 Å². The monoisotopic (exact) mass is 349 g/mol. The standard InChI is InChI=1S/C15H13Cl2N5O/c16-10-3-2-9(8-11(10)17)22-7-4-12(20-22)13-19-14(21-23-13)15(18)5-1-6-15/h2-4,7-8H,1,5-6,18H2. The molecule has 0 atom stereocenters. The Hall–Kier alpha value is -1.89. The molecule has 0 radical (unpaired) electrons. The summed E-state index contributed by atoms with van der Waals surface area (Å²) in [7, 11) is 0. The van der Waals surface area contributed by atoms with Crippen LogP contribution >= 0.6 is 23.2 Å². The molecule has 0 aliphatic heterocycles. The Labute approximate surface area is 142 Å². The number of hydrogen-bond acceptors (Lipinski definition) is 5. The van der Waals surface area contributed by atoms with E-state index in [2.05, 4.69) is 15.2 Å². The lowest BCUT2D eigenvalue weighted by Gasteiger charge is -2.34. The molecule has 0 unspecified atom stereocenters. The summed E-state index contributed by atoms with van der Waals surface area (Å²) in [5, 5.41) is 9.40. The fourth-order valence-electron chi connectivity index (χ4n) is 2.52. The normalized spacial score (nSPS) is 16.3. The average molecular weight is 350 g/mol. The third kappa shape index (κ3) is 2.52. The molecule has 0 spiro atoms. The van der Waals surface area contributed by atoms with Gasteiger partial charge in [0.15, 0.2) is 11.5 Å². The average Bonchev–Trinajstić information content (AvgIpc) is 3.16. The molecule has 2 heterocycles. The lowest BCUT2D eigenvalue weighted by molar-refractivity contribution is 0.229. The van der Waals surface area contributed by atoms with E-state index in [-0.39, 0.29) is 0 Å². The van der Waals surface area contributed by atoms with Gasteiger partial charge in [0.25, 0.3) is 5.89 Å². The topological polar surface area (TPSA) is 82.8 Å². The van der Waals surface area contributed by atoms with Gasteiger partial charge in [-0.2, -0.15) is 10.1 Å².